The molecule has 1 heterocycles. The Morgan fingerprint density at radius 2 is 2.00 bits per heavy atom. The SMILES string of the molecule is Cc1cc(NC2CCCN(C(=O)OC(C)(C)C)C2)c(C)cc1O. The number of carbonyl (C=O) groups is 1. The van der Waals surface area contributed by atoms with E-state index < -0.39 is 5.60 Å². The van der Waals surface area contributed by atoms with Crippen LogP contribution in [0.4, 0.5) is 10.5 Å². The number of benzene rings is 1. The van der Waals surface area contributed by atoms with Crippen molar-refractivity contribution in [3.63, 3.8) is 0 Å². The van der Waals surface area contributed by atoms with Crippen LogP contribution in [0.1, 0.15) is 44.7 Å². The van der Waals surface area contributed by atoms with Gasteiger partial charge in [0, 0.05) is 24.8 Å². The third-order valence-electron chi connectivity index (χ3n) is 3.98. The third-order valence-corrected chi connectivity index (χ3v) is 3.98. The minimum absolute atomic E-state index is 0.193. The third kappa shape index (κ3) is 4.78. The molecular weight excluding hydrogens is 292 g/mol. The quantitative estimate of drug-likeness (QED) is 0.813. The average Bonchev–Trinajstić information content (AvgIpc) is 2.43. The van der Waals surface area contributed by atoms with Crippen LogP contribution in [0.2, 0.25) is 0 Å². The van der Waals surface area contributed by atoms with Crippen LogP contribution in [0.15, 0.2) is 12.1 Å². The van der Waals surface area contributed by atoms with Crippen LogP contribution in [0, 0.1) is 13.8 Å². The fraction of sp³-hybridized carbons (Fsp3) is 0.611. The molecule has 1 fully saturated rings. The normalized spacial score (nSPS) is 18.7. The van der Waals surface area contributed by atoms with E-state index in [0.29, 0.717) is 12.3 Å². The molecule has 1 unspecified atom stereocenters. The molecular formula is C18H28N2O3. The van der Waals surface area contributed by atoms with Crippen molar-refractivity contribution in [2.45, 2.75) is 59.1 Å². The number of nitrogens with zero attached hydrogens (tertiary/aromatic N) is 1. The second-order valence-electron chi connectivity index (χ2n) is 7.36. The summed E-state index contributed by atoms with van der Waals surface area (Å²) < 4.78 is 5.46. The molecule has 128 valence electrons. The van der Waals surface area contributed by atoms with Crippen LogP contribution in [-0.4, -0.2) is 40.8 Å². The molecule has 1 saturated heterocycles. The molecule has 0 aromatic heterocycles. The van der Waals surface area contributed by atoms with Crippen molar-refractivity contribution < 1.29 is 14.6 Å². The Hall–Kier alpha value is -1.91. The second-order valence-corrected chi connectivity index (χ2v) is 7.36. The molecule has 1 aliphatic heterocycles. The zero-order valence-electron chi connectivity index (χ0n) is 14.8. The summed E-state index contributed by atoms with van der Waals surface area (Å²) in [6, 6.07) is 3.92. The van der Waals surface area contributed by atoms with Crippen LogP contribution in [0.3, 0.4) is 0 Å². The van der Waals surface area contributed by atoms with Crippen molar-refractivity contribution in [2.75, 3.05) is 18.4 Å². The van der Waals surface area contributed by atoms with Crippen molar-refractivity contribution in [2.24, 2.45) is 0 Å². The summed E-state index contributed by atoms with van der Waals surface area (Å²) >= 11 is 0. The highest BCUT2D eigenvalue weighted by molar-refractivity contribution is 5.68. The number of likely N-dealkylation sites (tertiary alicyclic amines) is 1. The van der Waals surface area contributed by atoms with Crippen molar-refractivity contribution in [3.05, 3.63) is 23.3 Å². The van der Waals surface area contributed by atoms with E-state index in [1.165, 1.54) is 0 Å². The maximum atomic E-state index is 12.2. The summed E-state index contributed by atoms with van der Waals surface area (Å²) in [5.41, 5.74) is 2.39. The number of phenols is 1. The number of ether oxygens (including phenoxy) is 1. The molecule has 0 aliphatic carbocycles. The van der Waals surface area contributed by atoms with Crippen LogP contribution in [0.5, 0.6) is 5.75 Å². The maximum absolute atomic E-state index is 12.2. The first-order valence-corrected chi connectivity index (χ1v) is 8.20. The summed E-state index contributed by atoms with van der Waals surface area (Å²) in [7, 11) is 0. The van der Waals surface area contributed by atoms with Gasteiger partial charge in [-0.05, 0) is 70.7 Å². The number of carbonyl (C=O) groups excluding carboxylic acids is 1. The molecule has 1 aliphatic rings. The molecule has 1 amide bonds. The van der Waals surface area contributed by atoms with Crippen LogP contribution < -0.4 is 5.32 Å². The van der Waals surface area contributed by atoms with Crippen molar-refractivity contribution in [1.82, 2.24) is 4.90 Å². The second kappa shape index (κ2) is 6.69. The monoisotopic (exact) mass is 320 g/mol. The molecule has 2 N–H and O–H groups in total. The fourth-order valence-corrected chi connectivity index (χ4v) is 2.76. The summed E-state index contributed by atoms with van der Waals surface area (Å²) in [6.07, 6.45) is 1.72. The van der Waals surface area contributed by atoms with E-state index in [1.807, 2.05) is 40.7 Å². The molecule has 2 rings (SSSR count). The Morgan fingerprint density at radius 3 is 2.65 bits per heavy atom. The molecule has 0 radical (unpaired) electrons. The Bertz CT molecular complexity index is 578. The maximum Gasteiger partial charge on any atom is 0.410 e. The van der Waals surface area contributed by atoms with E-state index in [2.05, 4.69) is 5.32 Å². The van der Waals surface area contributed by atoms with Crippen molar-refractivity contribution in [3.8, 4) is 5.75 Å². The Morgan fingerprint density at radius 1 is 1.30 bits per heavy atom. The number of hydrogen-bond acceptors (Lipinski definition) is 4. The first-order valence-electron chi connectivity index (χ1n) is 8.20. The predicted molar refractivity (Wildman–Crippen MR) is 92.0 cm³/mol. The van der Waals surface area contributed by atoms with Crippen LogP contribution in [-0.2, 0) is 4.74 Å². The average molecular weight is 320 g/mol. The summed E-state index contributed by atoms with van der Waals surface area (Å²) in [5, 5.41) is 13.3. The van der Waals surface area contributed by atoms with Gasteiger partial charge in [-0.3, -0.25) is 0 Å². The van der Waals surface area contributed by atoms with E-state index in [-0.39, 0.29) is 12.1 Å². The van der Waals surface area contributed by atoms with Crippen molar-refractivity contribution in [1.29, 1.82) is 0 Å². The minimum atomic E-state index is -0.470. The lowest BCUT2D eigenvalue weighted by Gasteiger charge is -2.35. The first-order chi connectivity index (χ1) is 10.7. The molecule has 1 atom stereocenters. The van der Waals surface area contributed by atoms with Gasteiger partial charge in [0.1, 0.15) is 11.4 Å². The van der Waals surface area contributed by atoms with E-state index in [0.717, 1.165) is 36.2 Å². The Balaban J connectivity index is 2.02. The number of phenolic OH excluding ortho intramolecular Hbond substituents is 1. The zero-order chi connectivity index (χ0) is 17.2. The molecule has 1 aromatic carbocycles. The first kappa shape index (κ1) is 17.4. The van der Waals surface area contributed by atoms with Crippen LogP contribution in [0.25, 0.3) is 0 Å². The summed E-state index contributed by atoms with van der Waals surface area (Å²) in [5.74, 6) is 0.312. The Kier molecular flexibility index (Phi) is 5.07. The van der Waals surface area contributed by atoms with E-state index in [1.54, 1.807) is 11.0 Å². The van der Waals surface area contributed by atoms with Gasteiger partial charge in [0.25, 0.3) is 0 Å². The number of hydrogen-bond donors (Lipinski definition) is 2. The smallest absolute Gasteiger partial charge is 0.410 e. The van der Waals surface area contributed by atoms with Gasteiger partial charge in [-0.2, -0.15) is 0 Å². The standard InChI is InChI=1S/C18H28N2O3/c1-12-10-16(21)13(2)9-15(12)19-14-7-6-8-20(11-14)17(22)23-18(3,4)5/h9-10,14,19,21H,6-8,11H2,1-5H3. The van der Waals surface area contributed by atoms with Gasteiger partial charge in [0.15, 0.2) is 0 Å². The highest BCUT2D eigenvalue weighted by Crippen LogP contribution is 2.27. The van der Waals surface area contributed by atoms with Gasteiger partial charge in [-0.15, -0.1) is 0 Å². The molecule has 5 heteroatoms. The van der Waals surface area contributed by atoms with Gasteiger partial charge in [-0.1, -0.05) is 0 Å². The van der Waals surface area contributed by atoms with Gasteiger partial charge in [-0.25, -0.2) is 4.79 Å². The summed E-state index contributed by atoms with van der Waals surface area (Å²) in [6.45, 7) is 10.9. The zero-order valence-corrected chi connectivity index (χ0v) is 14.8. The number of aryl methyl sites for hydroxylation is 2. The molecule has 23 heavy (non-hydrogen) atoms. The number of amides is 1. The van der Waals surface area contributed by atoms with E-state index in [9.17, 15) is 9.90 Å². The molecule has 1 aromatic rings. The lowest BCUT2D eigenvalue weighted by molar-refractivity contribution is 0.0206. The fourth-order valence-electron chi connectivity index (χ4n) is 2.76. The van der Waals surface area contributed by atoms with Gasteiger partial charge in [0.2, 0.25) is 0 Å². The topological polar surface area (TPSA) is 61.8 Å². The number of rotatable bonds is 2. The van der Waals surface area contributed by atoms with E-state index in [4.69, 9.17) is 4.74 Å². The highest BCUT2D eigenvalue weighted by atomic mass is 16.6. The van der Waals surface area contributed by atoms with Crippen LogP contribution >= 0.6 is 0 Å². The number of aromatic hydroxyl groups is 1. The number of nitrogens with one attached hydrogen (secondary N) is 1. The molecule has 0 saturated carbocycles. The minimum Gasteiger partial charge on any atom is -0.508 e. The van der Waals surface area contributed by atoms with Gasteiger partial charge >= 0.3 is 6.09 Å². The highest BCUT2D eigenvalue weighted by Gasteiger charge is 2.27. The number of piperidine rings is 1. The Labute approximate surface area is 138 Å². The van der Waals surface area contributed by atoms with Gasteiger partial charge in [0.05, 0.1) is 0 Å². The molecule has 0 spiro atoms. The molecule has 0 bridgehead atoms. The lowest BCUT2D eigenvalue weighted by atomic mass is 10.0. The predicted octanol–water partition coefficient (Wildman–Crippen LogP) is 3.82. The van der Waals surface area contributed by atoms with Crippen molar-refractivity contribution >= 4 is 11.8 Å². The largest absolute Gasteiger partial charge is 0.508 e. The van der Waals surface area contributed by atoms with E-state index >= 15 is 0 Å². The van der Waals surface area contributed by atoms with Gasteiger partial charge < -0.3 is 20.1 Å². The lowest BCUT2D eigenvalue weighted by Crippen LogP contribution is -2.47. The molecule has 5 nitrogen and oxygen atoms in total. The number of anilines is 1. The summed E-state index contributed by atoms with van der Waals surface area (Å²) in [4.78, 5) is 14.0.